The summed E-state index contributed by atoms with van der Waals surface area (Å²) in [5.74, 6) is 0.174. The number of nitrogens with two attached hydrogens (primary N) is 1. The summed E-state index contributed by atoms with van der Waals surface area (Å²) in [6.45, 7) is 5.75. The number of carbonyl (C=O) groups is 1. The fourth-order valence-corrected chi connectivity index (χ4v) is 3.33. The second-order valence-corrected chi connectivity index (χ2v) is 6.34. The zero-order valence-electron chi connectivity index (χ0n) is 12.8. The quantitative estimate of drug-likeness (QED) is 0.907. The first kappa shape index (κ1) is 14.4. The van der Waals surface area contributed by atoms with Crippen LogP contribution in [-0.2, 0) is 0 Å². The van der Waals surface area contributed by atoms with Crippen LogP contribution in [0.5, 0.6) is 0 Å². The molecule has 0 aliphatic carbocycles. The second kappa shape index (κ2) is 6.06. The SMILES string of the molecule is Cc1ccc(N2CCCC2)c(C(=O)N2CCC(N)CC2)c1. The van der Waals surface area contributed by atoms with Crippen molar-refractivity contribution >= 4 is 11.6 Å². The number of likely N-dealkylation sites (tertiary alicyclic amines) is 1. The van der Waals surface area contributed by atoms with Gasteiger partial charge < -0.3 is 15.5 Å². The van der Waals surface area contributed by atoms with Crippen LogP contribution in [0.15, 0.2) is 18.2 Å². The predicted octanol–water partition coefficient (Wildman–Crippen LogP) is 2.16. The van der Waals surface area contributed by atoms with Gasteiger partial charge in [0.15, 0.2) is 0 Å². The molecule has 1 aromatic carbocycles. The lowest BCUT2D eigenvalue weighted by Gasteiger charge is -2.31. The van der Waals surface area contributed by atoms with Gasteiger partial charge in [0.2, 0.25) is 0 Å². The molecule has 4 nitrogen and oxygen atoms in total. The van der Waals surface area contributed by atoms with Crippen molar-refractivity contribution in [3.8, 4) is 0 Å². The molecule has 3 rings (SSSR count). The van der Waals surface area contributed by atoms with E-state index in [1.54, 1.807) is 0 Å². The number of hydrogen-bond acceptors (Lipinski definition) is 3. The number of carbonyl (C=O) groups excluding carboxylic acids is 1. The lowest BCUT2D eigenvalue weighted by atomic mass is 10.0. The first-order valence-electron chi connectivity index (χ1n) is 8.05. The highest BCUT2D eigenvalue weighted by Crippen LogP contribution is 2.27. The van der Waals surface area contributed by atoms with Crippen LogP contribution in [0.2, 0.25) is 0 Å². The number of aryl methyl sites for hydroxylation is 1. The number of nitrogens with zero attached hydrogens (tertiary/aromatic N) is 2. The lowest BCUT2D eigenvalue weighted by Crippen LogP contribution is -2.43. The van der Waals surface area contributed by atoms with Crippen molar-refractivity contribution in [2.45, 2.75) is 38.6 Å². The van der Waals surface area contributed by atoms with E-state index in [4.69, 9.17) is 5.73 Å². The van der Waals surface area contributed by atoms with Crippen LogP contribution in [0.4, 0.5) is 5.69 Å². The smallest absolute Gasteiger partial charge is 0.255 e. The van der Waals surface area contributed by atoms with Gasteiger partial charge in [0.25, 0.3) is 5.91 Å². The number of anilines is 1. The van der Waals surface area contributed by atoms with Gasteiger partial charge in [0.05, 0.1) is 5.56 Å². The molecule has 2 N–H and O–H groups in total. The lowest BCUT2D eigenvalue weighted by molar-refractivity contribution is 0.0715. The van der Waals surface area contributed by atoms with E-state index in [0.29, 0.717) is 0 Å². The van der Waals surface area contributed by atoms with Gasteiger partial charge in [-0.2, -0.15) is 0 Å². The number of rotatable bonds is 2. The molecule has 0 saturated carbocycles. The van der Waals surface area contributed by atoms with Gasteiger partial charge >= 0.3 is 0 Å². The van der Waals surface area contributed by atoms with Crippen molar-refractivity contribution in [2.24, 2.45) is 5.73 Å². The Hall–Kier alpha value is -1.55. The molecule has 0 unspecified atom stereocenters. The minimum atomic E-state index is 0.174. The summed E-state index contributed by atoms with van der Waals surface area (Å²) in [6.07, 6.45) is 4.27. The van der Waals surface area contributed by atoms with Crippen LogP contribution in [0.3, 0.4) is 0 Å². The van der Waals surface area contributed by atoms with E-state index in [1.807, 2.05) is 11.0 Å². The van der Waals surface area contributed by atoms with Crippen LogP contribution >= 0.6 is 0 Å². The summed E-state index contributed by atoms with van der Waals surface area (Å²) in [5, 5.41) is 0. The Morgan fingerprint density at radius 3 is 2.48 bits per heavy atom. The Labute approximate surface area is 126 Å². The van der Waals surface area contributed by atoms with Gasteiger partial charge in [-0.15, -0.1) is 0 Å². The van der Waals surface area contributed by atoms with Crippen molar-refractivity contribution < 1.29 is 4.79 Å². The molecule has 21 heavy (non-hydrogen) atoms. The fraction of sp³-hybridized carbons (Fsp3) is 0.588. The third kappa shape index (κ3) is 3.05. The highest BCUT2D eigenvalue weighted by Gasteiger charge is 2.25. The topological polar surface area (TPSA) is 49.6 Å². The molecular formula is C17H25N3O. The third-order valence-corrected chi connectivity index (χ3v) is 4.66. The van der Waals surface area contributed by atoms with Crippen LogP contribution in [0.25, 0.3) is 0 Å². The van der Waals surface area contributed by atoms with E-state index in [2.05, 4.69) is 24.0 Å². The largest absolute Gasteiger partial charge is 0.371 e. The molecule has 2 saturated heterocycles. The normalized spacial score (nSPS) is 20.1. The molecule has 1 aromatic rings. The van der Waals surface area contributed by atoms with Crippen LogP contribution < -0.4 is 10.6 Å². The average molecular weight is 287 g/mol. The summed E-state index contributed by atoms with van der Waals surface area (Å²) in [6, 6.07) is 6.52. The Balaban J connectivity index is 1.85. The van der Waals surface area contributed by atoms with Gasteiger partial charge in [-0.1, -0.05) is 11.6 Å². The van der Waals surface area contributed by atoms with Gasteiger partial charge in [0, 0.05) is 37.9 Å². The van der Waals surface area contributed by atoms with E-state index in [9.17, 15) is 4.79 Å². The van der Waals surface area contributed by atoms with E-state index in [0.717, 1.165) is 55.8 Å². The van der Waals surface area contributed by atoms with Crippen molar-refractivity contribution in [3.63, 3.8) is 0 Å². The monoisotopic (exact) mass is 287 g/mol. The van der Waals surface area contributed by atoms with Gasteiger partial charge in [-0.3, -0.25) is 4.79 Å². The highest BCUT2D eigenvalue weighted by molar-refractivity contribution is 6.00. The summed E-state index contributed by atoms with van der Waals surface area (Å²) in [5.41, 5.74) is 9.07. The van der Waals surface area contributed by atoms with Crippen LogP contribution in [0.1, 0.15) is 41.6 Å². The summed E-state index contributed by atoms with van der Waals surface area (Å²) in [4.78, 5) is 17.2. The first-order chi connectivity index (χ1) is 10.1. The maximum Gasteiger partial charge on any atom is 0.255 e. The Kier molecular flexibility index (Phi) is 4.15. The van der Waals surface area contributed by atoms with E-state index in [1.165, 1.54) is 12.8 Å². The molecule has 2 fully saturated rings. The molecule has 2 heterocycles. The van der Waals surface area contributed by atoms with Crippen molar-refractivity contribution in [1.29, 1.82) is 0 Å². The van der Waals surface area contributed by atoms with Crippen molar-refractivity contribution in [3.05, 3.63) is 29.3 Å². The molecule has 2 aliphatic heterocycles. The van der Waals surface area contributed by atoms with E-state index >= 15 is 0 Å². The second-order valence-electron chi connectivity index (χ2n) is 6.34. The predicted molar refractivity (Wildman–Crippen MR) is 85.7 cm³/mol. The molecule has 0 bridgehead atoms. The third-order valence-electron chi connectivity index (χ3n) is 4.66. The molecule has 0 spiro atoms. The molecule has 114 valence electrons. The maximum absolute atomic E-state index is 12.9. The van der Waals surface area contributed by atoms with Gasteiger partial charge in [-0.25, -0.2) is 0 Å². The number of hydrogen-bond donors (Lipinski definition) is 1. The summed E-state index contributed by atoms with van der Waals surface area (Å²) < 4.78 is 0. The maximum atomic E-state index is 12.9. The van der Waals surface area contributed by atoms with Crippen molar-refractivity contribution in [1.82, 2.24) is 4.90 Å². The van der Waals surface area contributed by atoms with Crippen LogP contribution in [0, 0.1) is 6.92 Å². The number of benzene rings is 1. The minimum Gasteiger partial charge on any atom is -0.371 e. The highest BCUT2D eigenvalue weighted by atomic mass is 16.2. The molecule has 2 aliphatic rings. The van der Waals surface area contributed by atoms with Gasteiger partial charge in [-0.05, 0) is 44.7 Å². The molecule has 0 radical (unpaired) electrons. The molecule has 0 aromatic heterocycles. The number of amides is 1. The molecule has 4 heteroatoms. The Morgan fingerprint density at radius 1 is 1.14 bits per heavy atom. The van der Waals surface area contributed by atoms with Gasteiger partial charge in [0.1, 0.15) is 0 Å². The fourth-order valence-electron chi connectivity index (χ4n) is 3.33. The molecule has 0 atom stereocenters. The number of piperidine rings is 1. The van der Waals surface area contributed by atoms with Crippen LogP contribution in [-0.4, -0.2) is 43.0 Å². The van der Waals surface area contributed by atoms with Crippen molar-refractivity contribution in [2.75, 3.05) is 31.1 Å². The average Bonchev–Trinajstić information content (AvgIpc) is 3.01. The Bertz CT molecular complexity index is 515. The zero-order chi connectivity index (χ0) is 14.8. The van der Waals surface area contributed by atoms with E-state index < -0.39 is 0 Å². The summed E-state index contributed by atoms with van der Waals surface area (Å²) in [7, 11) is 0. The summed E-state index contributed by atoms with van der Waals surface area (Å²) >= 11 is 0. The van der Waals surface area contributed by atoms with E-state index in [-0.39, 0.29) is 11.9 Å². The Morgan fingerprint density at radius 2 is 1.81 bits per heavy atom. The zero-order valence-corrected chi connectivity index (χ0v) is 12.8. The molecular weight excluding hydrogens is 262 g/mol. The first-order valence-corrected chi connectivity index (χ1v) is 8.05. The standard InChI is InChI=1S/C17H25N3O/c1-13-4-5-16(19-8-2-3-9-19)15(12-13)17(21)20-10-6-14(18)7-11-20/h4-5,12,14H,2-3,6-11,18H2,1H3. The molecule has 1 amide bonds. The minimum absolute atomic E-state index is 0.174.